The van der Waals surface area contributed by atoms with Gasteiger partial charge in [-0.25, -0.2) is 0 Å². The zero-order valence-electron chi connectivity index (χ0n) is 16.4. The lowest BCUT2D eigenvalue weighted by atomic mass is 9.99. The van der Waals surface area contributed by atoms with E-state index < -0.39 is 5.91 Å². The third-order valence-electron chi connectivity index (χ3n) is 5.47. The molecule has 7 heteroatoms. The number of nitrogens with two attached hydrogens (primary N) is 1. The molecule has 1 amide bonds. The van der Waals surface area contributed by atoms with Gasteiger partial charge in [0.15, 0.2) is 17.2 Å². The minimum atomic E-state index is -0.598. The van der Waals surface area contributed by atoms with Gasteiger partial charge in [0.1, 0.15) is 16.7 Å². The third kappa shape index (κ3) is 2.29. The molecular formula is C21H21N3O4. The third-order valence-corrected chi connectivity index (χ3v) is 5.47. The van der Waals surface area contributed by atoms with E-state index in [0.717, 1.165) is 22.2 Å². The maximum Gasteiger partial charge on any atom is 0.269 e. The number of methoxy groups -OCH3 is 1. The van der Waals surface area contributed by atoms with Crippen LogP contribution in [0.4, 0.5) is 0 Å². The number of nitrogens with zero attached hydrogens (tertiary/aromatic N) is 2. The monoisotopic (exact) mass is 379 g/mol. The van der Waals surface area contributed by atoms with Crippen LogP contribution < -0.4 is 10.5 Å². The van der Waals surface area contributed by atoms with E-state index in [2.05, 4.69) is 5.10 Å². The normalized spacial score (nSPS) is 11.5. The van der Waals surface area contributed by atoms with Gasteiger partial charge in [0.25, 0.3) is 5.91 Å². The molecule has 0 aliphatic rings. The van der Waals surface area contributed by atoms with Crippen LogP contribution in [0.5, 0.6) is 11.5 Å². The first-order valence-corrected chi connectivity index (χ1v) is 8.82. The second kappa shape index (κ2) is 6.02. The number of hydrogen-bond donors (Lipinski definition) is 2. The Morgan fingerprint density at radius 3 is 2.57 bits per heavy atom. The van der Waals surface area contributed by atoms with Gasteiger partial charge in [-0.15, -0.1) is 0 Å². The number of phenolic OH excluding ortho intramolecular Hbond substituents is 1. The van der Waals surface area contributed by atoms with Crippen LogP contribution in [0.2, 0.25) is 0 Å². The zero-order valence-corrected chi connectivity index (χ0v) is 16.4. The van der Waals surface area contributed by atoms with Crippen molar-refractivity contribution < 1.29 is 19.1 Å². The van der Waals surface area contributed by atoms with E-state index in [-0.39, 0.29) is 11.4 Å². The Labute approximate surface area is 161 Å². The molecule has 0 radical (unpaired) electrons. The molecule has 2 heterocycles. The number of fused-ring (bicyclic) bond motifs is 2. The molecule has 3 N–H and O–H groups in total. The summed E-state index contributed by atoms with van der Waals surface area (Å²) in [5.41, 5.74) is 10.4. The van der Waals surface area contributed by atoms with E-state index in [1.54, 1.807) is 17.8 Å². The smallest absolute Gasteiger partial charge is 0.269 e. The van der Waals surface area contributed by atoms with E-state index in [1.165, 1.54) is 7.11 Å². The van der Waals surface area contributed by atoms with E-state index >= 15 is 0 Å². The van der Waals surface area contributed by atoms with Gasteiger partial charge < -0.3 is 20.0 Å². The van der Waals surface area contributed by atoms with Crippen molar-refractivity contribution in [3.8, 4) is 22.8 Å². The number of amides is 1. The highest BCUT2D eigenvalue weighted by atomic mass is 16.5. The highest BCUT2D eigenvalue weighted by molar-refractivity contribution is 6.06. The highest BCUT2D eigenvalue weighted by Gasteiger charge is 2.25. The molecule has 0 bridgehead atoms. The molecule has 7 nitrogen and oxygen atoms in total. The van der Waals surface area contributed by atoms with Crippen LogP contribution in [0.3, 0.4) is 0 Å². The van der Waals surface area contributed by atoms with Gasteiger partial charge in [0, 0.05) is 18.0 Å². The molecule has 0 saturated heterocycles. The Balaban J connectivity index is 2.07. The fraction of sp³-hybridized carbons (Fsp3) is 0.238. The number of aromatic nitrogens is 2. The van der Waals surface area contributed by atoms with Crippen molar-refractivity contribution in [1.82, 2.24) is 9.78 Å². The summed E-state index contributed by atoms with van der Waals surface area (Å²) in [6, 6.07) is 5.51. The Hall–Kier alpha value is -3.48. The van der Waals surface area contributed by atoms with Crippen LogP contribution >= 0.6 is 0 Å². The van der Waals surface area contributed by atoms with E-state index in [4.69, 9.17) is 14.9 Å². The minimum absolute atomic E-state index is 0.144. The molecule has 0 fully saturated rings. The number of carbonyl (C=O) groups excluding carboxylic acids is 1. The molecule has 4 aromatic rings. The number of hydrogen-bond acceptors (Lipinski definition) is 5. The number of furan rings is 1. The predicted molar refractivity (Wildman–Crippen MR) is 107 cm³/mol. The van der Waals surface area contributed by atoms with Gasteiger partial charge in [0.2, 0.25) is 0 Å². The maximum absolute atomic E-state index is 11.8. The minimum Gasteiger partial charge on any atom is -0.507 e. The number of benzene rings is 2. The SMILES string of the molecule is COc1c(-c2ccc3c(c2)c(C(N)=O)nn3C)oc2c(C)c(C)c(C)c(O)c12. The average Bonchev–Trinajstić information content (AvgIpc) is 3.22. The zero-order chi connectivity index (χ0) is 20.3. The number of phenols is 1. The molecular weight excluding hydrogens is 358 g/mol. The molecule has 0 aliphatic carbocycles. The summed E-state index contributed by atoms with van der Waals surface area (Å²) in [5, 5.41) is 16.1. The number of rotatable bonds is 3. The first kappa shape index (κ1) is 17.9. The van der Waals surface area contributed by atoms with Gasteiger partial charge in [-0.2, -0.15) is 5.10 Å². The summed E-state index contributed by atoms with van der Waals surface area (Å²) in [5.74, 6) is 0.467. The Morgan fingerprint density at radius 2 is 1.93 bits per heavy atom. The van der Waals surface area contributed by atoms with Crippen molar-refractivity contribution in [3.05, 3.63) is 40.6 Å². The van der Waals surface area contributed by atoms with E-state index in [9.17, 15) is 9.90 Å². The molecule has 2 aromatic heterocycles. The van der Waals surface area contributed by atoms with E-state index in [1.807, 2.05) is 32.9 Å². The van der Waals surface area contributed by atoms with Gasteiger partial charge >= 0.3 is 0 Å². The van der Waals surface area contributed by atoms with Gasteiger partial charge in [-0.3, -0.25) is 9.48 Å². The largest absolute Gasteiger partial charge is 0.507 e. The quantitative estimate of drug-likeness (QED) is 0.564. The fourth-order valence-corrected chi connectivity index (χ4v) is 3.69. The lowest BCUT2D eigenvalue weighted by molar-refractivity contribution is 0.0996. The summed E-state index contributed by atoms with van der Waals surface area (Å²) in [6.07, 6.45) is 0. The average molecular weight is 379 g/mol. The lowest BCUT2D eigenvalue weighted by Crippen LogP contribution is -2.12. The van der Waals surface area contributed by atoms with Crippen LogP contribution in [0.15, 0.2) is 22.6 Å². The molecule has 0 atom stereocenters. The number of aryl methyl sites for hydroxylation is 2. The standard InChI is InChI=1S/C21H21N3O4/c1-9-10(2)17(25)15-18(11(9)3)28-19(20(15)27-5)12-6-7-14-13(8-12)16(21(22)26)23-24(14)4/h6-8,25H,1-5H3,(H2,22,26). The first-order valence-electron chi connectivity index (χ1n) is 8.82. The van der Waals surface area contributed by atoms with Crippen LogP contribution in [-0.4, -0.2) is 27.9 Å². The van der Waals surface area contributed by atoms with Crippen LogP contribution in [0.1, 0.15) is 27.2 Å². The summed E-state index contributed by atoms with van der Waals surface area (Å²) in [7, 11) is 3.29. The van der Waals surface area contributed by atoms with Gasteiger partial charge in [-0.05, 0) is 55.7 Å². The summed E-state index contributed by atoms with van der Waals surface area (Å²) in [6.45, 7) is 5.76. The van der Waals surface area contributed by atoms with Crippen molar-refractivity contribution >= 4 is 27.8 Å². The predicted octanol–water partition coefficient (Wildman–Crippen LogP) is 3.72. The number of aromatic hydroxyl groups is 1. The molecule has 28 heavy (non-hydrogen) atoms. The number of carbonyl (C=O) groups is 1. The van der Waals surface area contributed by atoms with Crippen LogP contribution in [0.25, 0.3) is 33.2 Å². The fourth-order valence-electron chi connectivity index (χ4n) is 3.69. The van der Waals surface area contributed by atoms with Crippen molar-refractivity contribution in [1.29, 1.82) is 0 Å². The number of ether oxygens (including phenoxy) is 1. The van der Waals surface area contributed by atoms with Gasteiger partial charge in [0.05, 0.1) is 12.6 Å². The number of primary amides is 1. The molecule has 0 saturated carbocycles. The van der Waals surface area contributed by atoms with Crippen LogP contribution in [-0.2, 0) is 7.05 Å². The lowest BCUT2D eigenvalue weighted by Gasteiger charge is -2.09. The summed E-state index contributed by atoms with van der Waals surface area (Å²) < 4.78 is 13.4. The second-order valence-corrected chi connectivity index (χ2v) is 6.96. The van der Waals surface area contributed by atoms with Gasteiger partial charge in [-0.1, -0.05) is 0 Å². The molecule has 144 valence electrons. The van der Waals surface area contributed by atoms with Crippen molar-refractivity contribution in [2.24, 2.45) is 12.8 Å². The molecule has 0 unspecified atom stereocenters. The van der Waals surface area contributed by atoms with Crippen LogP contribution in [0, 0.1) is 20.8 Å². The topological polar surface area (TPSA) is 104 Å². The van der Waals surface area contributed by atoms with Crippen molar-refractivity contribution in [3.63, 3.8) is 0 Å². The Kier molecular flexibility index (Phi) is 3.85. The Bertz CT molecular complexity index is 1280. The summed E-state index contributed by atoms with van der Waals surface area (Å²) in [4.78, 5) is 11.8. The molecule has 0 aliphatic heterocycles. The molecule has 2 aromatic carbocycles. The Morgan fingerprint density at radius 1 is 1.21 bits per heavy atom. The molecule has 0 spiro atoms. The van der Waals surface area contributed by atoms with Crippen molar-refractivity contribution in [2.45, 2.75) is 20.8 Å². The van der Waals surface area contributed by atoms with E-state index in [0.29, 0.717) is 33.4 Å². The van der Waals surface area contributed by atoms with Crippen molar-refractivity contribution in [2.75, 3.05) is 7.11 Å². The maximum atomic E-state index is 11.8. The first-order chi connectivity index (χ1) is 13.3. The molecule has 4 rings (SSSR count). The second-order valence-electron chi connectivity index (χ2n) is 6.96. The highest BCUT2D eigenvalue weighted by Crippen LogP contribution is 2.47. The summed E-state index contributed by atoms with van der Waals surface area (Å²) >= 11 is 0.